The molecule has 0 amide bonds. The third kappa shape index (κ3) is 2.26. The highest BCUT2D eigenvalue weighted by molar-refractivity contribution is 5.90. The van der Waals surface area contributed by atoms with Gasteiger partial charge in [-0.1, -0.05) is 0 Å². The van der Waals surface area contributed by atoms with Crippen molar-refractivity contribution in [3.63, 3.8) is 0 Å². The minimum atomic E-state index is -0.332. The molecule has 0 bridgehead atoms. The molecule has 0 spiro atoms. The quantitative estimate of drug-likeness (QED) is 0.939. The summed E-state index contributed by atoms with van der Waals surface area (Å²) >= 11 is 0. The summed E-state index contributed by atoms with van der Waals surface area (Å²) in [5.74, 6) is 1.25. The van der Waals surface area contributed by atoms with E-state index in [4.69, 9.17) is 10.5 Å². The van der Waals surface area contributed by atoms with E-state index in [0.717, 1.165) is 34.9 Å². The first-order valence-electron chi connectivity index (χ1n) is 8.13. The SMILES string of the molecule is Cc1cc2c([C@@](C)(N)C3CC3)cnc(OC3(C)CC3)c2cn1. The average Bonchev–Trinajstić information content (AvgIpc) is 3.34. The molecule has 0 aromatic carbocycles. The number of nitrogens with two attached hydrogens (primary N) is 1. The van der Waals surface area contributed by atoms with Gasteiger partial charge in [0.2, 0.25) is 5.88 Å². The molecule has 116 valence electrons. The van der Waals surface area contributed by atoms with Crippen LogP contribution in [0.3, 0.4) is 0 Å². The van der Waals surface area contributed by atoms with Gasteiger partial charge in [0.1, 0.15) is 5.60 Å². The normalized spacial score (nSPS) is 22.4. The van der Waals surface area contributed by atoms with E-state index in [0.29, 0.717) is 11.8 Å². The van der Waals surface area contributed by atoms with Crippen LogP contribution in [0, 0.1) is 12.8 Å². The topological polar surface area (TPSA) is 61.0 Å². The smallest absolute Gasteiger partial charge is 0.223 e. The number of nitrogens with zero attached hydrogens (tertiary/aromatic N) is 2. The molecule has 2 fully saturated rings. The van der Waals surface area contributed by atoms with E-state index < -0.39 is 0 Å². The summed E-state index contributed by atoms with van der Waals surface area (Å²) in [5, 5.41) is 2.12. The Morgan fingerprint density at radius 3 is 2.59 bits per heavy atom. The molecule has 2 N–H and O–H groups in total. The van der Waals surface area contributed by atoms with Crippen molar-refractivity contribution in [2.45, 2.75) is 57.6 Å². The van der Waals surface area contributed by atoms with Crippen molar-refractivity contribution < 1.29 is 4.74 Å². The van der Waals surface area contributed by atoms with Crippen LogP contribution in [0.5, 0.6) is 5.88 Å². The van der Waals surface area contributed by atoms with Crippen LogP contribution >= 0.6 is 0 Å². The fourth-order valence-electron chi connectivity index (χ4n) is 3.14. The molecule has 4 nitrogen and oxygen atoms in total. The van der Waals surface area contributed by atoms with Crippen LogP contribution in [0.2, 0.25) is 0 Å². The molecule has 0 radical (unpaired) electrons. The van der Waals surface area contributed by atoms with E-state index in [2.05, 4.69) is 29.9 Å². The average molecular weight is 297 g/mol. The molecule has 4 rings (SSSR count). The molecule has 2 aliphatic carbocycles. The number of hydrogen-bond donors (Lipinski definition) is 1. The molecule has 2 saturated carbocycles. The van der Waals surface area contributed by atoms with Crippen LogP contribution in [0.15, 0.2) is 18.5 Å². The van der Waals surface area contributed by atoms with Crippen LogP contribution in [0.25, 0.3) is 10.8 Å². The second kappa shape index (κ2) is 4.42. The molecule has 2 aromatic heterocycles. The third-order valence-corrected chi connectivity index (χ3v) is 5.18. The monoisotopic (exact) mass is 297 g/mol. The van der Waals surface area contributed by atoms with Gasteiger partial charge in [-0.25, -0.2) is 4.98 Å². The molecule has 0 saturated heterocycles. The first-order chi connectivity index (χ1) is 10.4. The minimum absolute atomic E-state index is 0.0468. The highest BCUT2D eigenvalue weighted by Gasteiger charge is 2.43. The van der Waals surface area contributed by atoms with Gasteiger partial charge in [0, 0.05) is 23.6 Å². The Labute approximate surface area is 131 Å². The Balaban J connectivity index is 1.88. The van der Waals surface area contributed by atoms with Crippen LogP contribution in [0.4, 0.5) is 0 Å². The highest BCUT2D eigenvalue weighted by atomic mass is 16.5. The molecule has 1 atom stereocenters. The lowest BCUT2D eigenvalue weighted by molar-refractivity contribution is 0.194. The van der Waals surface area contributed by atoms with Gasteiger partial charge in [0.25, 0.3) is 0 Å². The van der Waals surface area contributed by atoms with Crippen LogP contribution in [-0.4, -0.2) is 15.6 Å². The molecule has 2 heterocycles. The molecule has 2 aromatic rings. The van der Waals surface area contributed by atoms with Crippen molar-refractivity contribution in [3.05, 3.63) is 29.7 Å². The van der Waals surface area contributed by atoms with E-state index >= 15 is 0 Å². The fraction of sp³-hybridized carbons (Fsp3) is 0.556. The van der Waals surface area contributed by atoms with Crippen LogP contribution in [-0.2, 0) is 5.54 Å². The number of fused-ring (bicyclic) bond motifs is 1. The van der Waals surface area contributed by atoms with Crippen molar-refractivity contribution in [1.29, 1.82) is 0 Å². The van der Waals surface area contributed by atoms with E-state index in [1.54, 1.807) is 0 Å². The fourth-order valence-corrected chi connectivity index (χ4v) is 3.14. The Kier molecular flexibility index (Phi) is 2.80. The van der Waals surface area contributed by atoms with Crippen molar-refractivity contribution in [3.8, 4) is 5.88 Å². The van der Waals surface area contributed by atoms with Crippen molar-refractivity contribution in [2.75, 3.05) is 0 Å². The second-order valence-corrected chi connectivity index (χ2v) is 7.46. The zero-order valence-electron chi connectivity index (χ0n) is 13.5. The summed E-state index contributed by atoms with van der Waals surface area (Å²) < 4.78 is 6.12. The van der Waals surface area contributed by atoms with E-state index in [1.165, 1.54) is 12.8 Å². The van der Waals surface area contributed by atoms with Crippen molar-refractivity contribution in [1.82, 2.24) is 9.97 Å². The first-order valence-corrected chi connectivity index (χ1v) is 8.13. The number of pyridine rings is 2. The first kappa shape index (κ1) is 13.9. The number of aromatic nitrogens is 2. The molecule has 4 heteroatoms. The molecular weight excluding hydrogens is 274 g/mol. The zero-order valence-corrected chi connectivity index (χ0v) is 13.5. The molecule has 22 heavy (non-hydrogen) atoms. The predicted molar refractivity (Wildman–Crippen MR) is 86.8 cm³/mol. The van der Waals surface area contributed by atoms with Gasteiger partial charge in [-0.3, -0.25) is 4.98 Å². The van der Waals surface area contributed by atoms with E-state index in [9.17, 15) is 0 Å². The Bertz CT molecular complexity index is 745. The molecule has 0 unspecified atom stereocenters. The molecule has 2 aliphatic rings. The lowest BCUT2D eigenvalue weighted by Crippen LogP contribution is -2.35. The lowest BCUT2D eigenvalue weighted by atomic mass is 9.86. The van der Waals surface area contributed by atoms with Gasteiger partial charge < -0.3 is 10.5 Å². The molecule has 0 aliphatic heterocycles. The van der Waals surface area contributed by atoms with E-state index in [1.807, 2.05) is 19.3 Å². The minimum Gasteiger partial charge on any atom is -0.471 e. The van der Waals surface area contributed by atoms with Gasteiger partial charge in [-0.2, -0.15) is 0 Å². The van der Waals surface area contributed by atoms with Gasteiger partial charge in [-0.05, 0) is 69.4 Å². The Hall–Kier alpha value is -1.68. The summed E-state index contributed by atoms with van der Waals surface area (Å²) in [7, 11) is 0. The van der Waals surface area contributed by atoms with Gasteiger partial charge in [0.15, 0.2) is 0 Å². The van der Waals surface area contributed by atoms with Crippen LogP contribution < -0.4 is 10.5 Å². The number of hydrogen-bond acceptors (Lipinski definition) is 4. The summed E-state index contributed by atoms with van der Waals surface area (Å²) in [4.78, 5) is 9.04. The summed E-state index contributed by atoms with van der Waals surface area (Å²) in [6.07, 6.45) is 8.39. The highest BCUT2D eigenvalue weighted by Crippen LogP contribution is 2.47. The summed E-state index contributed by atoms with van der Waals surface area (Å²) in [5.41, 5.74) is 8.38. The predicted octanol–water partition coefficient (Wildman–Crippen LogP) is 3.45. The largest absolute Gasteiger partial charge is 0.471 e. The van der Waals surface area contributed by atoms with Crippen molar-refractivity contribution in [2.24, 2.45) is 11.7 Å². The number of ether oxygens (including phenoxy) is 1. The number of aryl methyl sites for hydroxylation is 1. The third-order valence-electron chi connectivity index (χ3n) is 5.18. The van der Waals surface area contributed by atoms with E-state index in [-0.39, 0.29) is 11.1 Å². The maximum atomic E-state index is 6.65. The Morgan fingerprint density at radius 1 is 1.23 bits per heavy atom. The standard InChI is InChI=1S/C18H23N3O/c1-11-8-13-14(9-20-11)16(22-17(2)6-7-17)21-10-15(13)18(3,19)12-4-5-12/h8-10,12H,4-7,19H2,1-3H3/t18-/m0/s1. The Morgan fingerprint density at radius 2 is 1.95 bits per heavy atom. The van der Waals surface area contributed by atoms with Gasteiger partial charge >= 0.3 is 0 Å². The van der Waals surface area contributed by atoms with Crippen molar-refractivity contribution >= 4 is 10.8 Å². The van der Waals surface area contributed by atoms with Gasteiger partial charge in [-0.15, -0.1) is 0 Å². The second-order valence-electron chi connectivity index (χ2n) is 7.46. The maximum absolute atomic E-state index is 6.65. The summed E-state index contributed by atoms with van der Waals surface area (Å²) in [6, 6.07) is 2.11. The molecular formula is C18H23N3O. The van der Waals surface area contributed by atoms with Crippen LogP contribution in [0.1, 0.15) is 50.8 Å². The lowest BCUT2D eigenvalue weighted by Gasteiger charge is -2.27. The maximum Gasteiger partial charge on any atom is 0.223 e. The zero-order chi connectivity index (χ0) is 15.5. The number of rotatable bonds is 4. The van der Waals surface area contributed by atoms with Gasteiger partial charge in [0.05, 0.1) is 5.39 Å². The summed E-state index contributed by atoms with van der Waals surface area (Å²) in [6.45, 7) is 6.27.